The van der Waals surface area contributed by atoms with E-state index in [0.29, 0.717) is 26.0 Å². The summed E-state index contributed by atoms with van der Waals surface area (Å²) in [5.74, 6) is 0.788. The number of nitrogens with zero attached hydrogens (tertiary/aromatic N) is 1. The molecule has 0 aliphatic rings. The molecule has 25 heavy (non-hydrogen) atoms. The van der Waals surface area contributed by atoms with Gasteiger partial charge in [0.2, 0.25) is 9.84 Å². The second kappa shape index (κ2) is 8.04. The van der Waals surface area contributed by atoms with E-state index in [2.05, 4.69) is 31.9 Å². The van der Waals surface area contributed by atoms with E-state index >= 15 is 0 Å². The van der Waals surface area contributed by atoms with Crippen LogP contribution < -0.4 is 9.47 Å². The molecule has 8 heteroatoms. The van der Waals surface area contributed by atoms with Gasteiger partial charge in [0.15, 0.2) is 11.5 Å². The van der Waals surface area contributed by atoms with Gasteiger partial charge >= 0.3 is 0 Å². The third kappa shape index (κ3) is 4.06. The summed E-state index contributed by atoms with van der Waals surface area (Å²) >= 11 is 6.46. The highest BCUT2D eigenvalue weighted by Crippen LogP contribution is 2.35. The standard InChI is InChI=1S/C17H13Br2NO4S/c1-23-15-5-3-4-11(17(15)24-2)8-13(10-20)25(21,22)16-9-12(18)6-7-14(16)19/h3-9H,1-2H3/b13-8+. The van der Waals surface area contributed by atoms with E-state index < -0.39 is 14.7 Å². The van der Waals surface area contributed by atoms with Crippen LogP contribution in [0.2, 0.25) is 0 Å². The van der Waals surface area contributed by atoms with Crippen LogP contribution in [-0.2, 0) is 9.84 Å². The van der Waals surface area contributed by atoms with E-state index in [1.807, 2.05) is 0 Å². The monoisotopic (exact) mass is 485 g/mol. The highest BCUT2D eigenvalue weighted by atomic mass is 79.9. The lowest BCUT2D eigenvalue weighted by atomic mass is 10.1. The van der Waals surface area contributed by atoms with Crippen LogP contribution in [0.4, 0.5) is 0 Å². The van der Waals surface area contributed by atoms with Crippen LogP contribution in [0.5, 0.6) is 11.5 Å². The molecule has 0 radical (unpaired) electrons. The number of hydrogen-bond donors (Lipinski definition) is 0. The fourth-order valence-electron chi connectivity index (χ4n) is 2.14. The average Bonchev–Trinajstić information content (AvgIpc) is 2.60. The minimum absolute atomic E-state index is 0.00321. The summed E-state index contributed by atoms with van der Waals surface area (Å²) in [4.78, 5) is -0.408. The number of methoxy groups -OCH3 is 2. The number of nitriles is 1. The second-order valence-corrected chi connectivity index (χ2v) is 8.44. The summed E-state index contributed by atoms with van der Waals surface area (Å²) in [7, 11) is -1.10. The van der Waals surface area contributed by atoms with Crippen LogP contribution in [0.3, 0.4) is 0 Å². The highest BCUT2D eigenvalue weighted by Gasteiger charge is 2.24. The van der Waals surface area contributed by atoms with Crippen molar-refractivity contribution in [1.82, 2.24) is 0 Å². The van der Waals surface area contributed by atoms with Crippen molar-refractivity contribution in [3.8, 4) is 17.6 Å². The first-order valence-electron chi connectivity index (χ1n) is 6.88. The van der Waals surface area contributed by atoms with Crippen molar-refractivity contribution in [2.75, 3.05) is 14.2 Å². The Hall–Kier alpha value is -1.82. The lowest BCUT2D eigenvalue weighted by Crippen LogP contribution is -2.05. The quantitative estimate of drug-likeness (QED) is 0.578. The first-order chi connectivity index (χ1) is 11.8. The van der Waals surface area contributed by atoms with E-state index in [0.717, 1.165) is 0 Å². The van der Waals surface area contributed by atoms with Gasteiger partial charge < -0.3 is 9.47 Å². The summed E-state index contributed by atoms with van der Waals surface area (Å²) in [6, 6.07) is 11.5. The van der Waals surface area contributed by atoms with Crippen molar-refractivity contribution in [2.45, 2.75) is 4.90 Å². The van der Waals surface area contributed by atoms with Crippen LogP contribution in [0, 0.1) is 11.3 Å². The van der Waals surface area contributed by atoms with Gasteiger partial charge in [-0.25, -0.2) is 8.42 Å². The number of para-hydroxylation sites is 1. The minimum Gasteiger partial charge on any atom is -0.493 e. The molecule has 0 N–H and O–H groups in total. The molecule has 0 spiro atoms. The molecule has 2 aromatic carbocycles. The molecule has 5 nitrogen and oxygen atoms in total. The van der Waals surface area contributed by atoms with Gasteiger partial charge in [0, 0.05) is 14.5 Å². The SMILES string of the molecule is COc1cccc(/C=C(\C#N)S(=O)(=O)c2cc(Br)ccc2Br)c1OC. The van der Waals surface area contributed by atoms with Gasteiger partial charge in [0.1, 0.15) is 11.0 Å². The maximum absolute atomic E-state index is 12.9. The van der Waals surface area contributed by atoms with Gasteiger partial charge in [-0.3, -0.25) is 0 Å². The predicted molar refractivity (Wildman–Crippen MR) is 102 cm³/mol. The zero-order valence-corrected chi connectivity index (χ0v) is 17.3. The van der Waals surface area contributed by atoms with Crippen molar-refractivity contribution >= 4 is 47.8 Å². The summed E-state index contributed by atoms with van der Waals surface area (Å²) in [6.07, 6.45) is 1.27. The Morgan fingerprint density at radius 2 is 1.88 bits per heavy atom. The Morgan fingerprint density at radius 1 is 1.16 bits per heavy atom. The lowest BCUT2D eigenvalue weighted by molar-refractivity contribution is 0.354. The molecule has 0 fully saturated rings. The molecular weight excluding hydrogens is 474 g/mol. The number of hydrogen-bond acceptors (Lipinski definition) is 5. The number of allylic oxidation sites excluding steroid dienone is 1. The van der Waals surface area contributed by atoms with Gasteiger partial charge in [-0.15, -0.1) is 0 Å². The normalized spacial score (nSPS) is 11.7. The Morgan fingerprint density at radius 3 is 2.48 bits per heavy atom. The maximum Gasteiger partial charge on any atom is 0.217 e. The zero-order chi connectivity index (χ0) is 18.6. The Bertz CT molecular complexity index is 979. The van der Waals surface area contributed by atoms with E-state index in [1.165, 1.54) is 26.4 Å². The molecule has 0 bridgehead atoms. The molecule has 0 atom stereocenters. The first-order valence-corrected chi connectivity index (χ1v) is 9.95. The van der Waals surface area contributed by atoms with Crippen molar-refractivity contribution in [2.24, 2.45) is 0 Å². The smallest absolute Gasteiger partial charge is 0.217 e. The summed E-state index contributed by atoms with van der Waals surface area (Å²) in [5, 5.41) is 9.44. The van der Waals surface area contributed by atoms with Crippen LogP contribution >= 0.6 is 31.9 Å². The molecular formula is C17H13Br2NO4S. The fraction of sp³-hybridized carbons (Fsp3) is 0.118. The molecule has 130 valence electrons. The molecule has 0 aliphatic heterocycles. The van der Waals surface area contributed by atoms with E-state index in [1.54, 1.807) is 36.4 Å². The van der Waals surface area contributed by atoms with E-state index in [4.69, 9.17) is 9.47 Å². The number of sulfone groups is 1. The predicted octanol–water partition coefficient (Wildman–Crippen LogP) is 4.57. The molecule has 2 aromatic rings. The molecule has 0 aliphatic carbocycles. The van der Waals surface area contributed by atoms with Crippen molar-refractivity contribution in [1.29, 1.82) is 5.26 Å². The van der Waals surface area contributed by atoms with Gasteiger partial charge in [-0.1, -0.05) is 28.1 Å². The van der Waals surface area contributed by atoms with Gasteiger partial charge in [0.05, 0.1) is 19.1 Å². The maximum atomic E-state index is 12.9. The van der Waals surface area contributed by atoms with Crippen molar-refractivity contribution in [3.63, 3.8) is 0 Å². The minimum atomic E-state index is -4.02. The summed E-state index contributed by atoms with van der Waals surface area (Å²) < 4.78 is 37.2. The number of benzene rings is 2. The number of rotatable bonds is 5. The Labute approximate surface area is 163 Å². The molecule has 2 rings (SSSR count). The third-order valence-electron chi connectivity index (χ3n) is 3.30. The lowest BCUT2D eigenvalue weighted by Gasteiger charge is -2.11. The molecule has 0 unspecified atom stereocenters. The second-order valence-electron chi connectivity index (χ2n) is 4.78. The Kier molecular flexibility index (Phi) is 6.27. The molecule has 0 saturated heterocycles. The average molecular weight is 487 g/mol. The van der Waals surface area contributed by atoms with Gasteiger partial charge in [-0.2, -0.15) is 5.26 Å². The van der Waals surface area contributed by atoms with Crippen molar-refractivity contribution in [3.05, 3.63) is 55.8 Å². The molecule has 0 aromatic heterocycles. The largest absolute Gasteiger partial charge is 0.493 e. The van der Waals surface area contributed by atoms with E-state index in [9.17, 15) is 13.7 Å². The highest BCUT2D eigenvalue weighted by molar-refractivity contribution is 9.11. The third-order valence-corrected chi connectivity index (χ3v) is 6.45. The first kappa shape index (κ1) is 19.5. The Balaban J connectivity index is 2.66. The van der Waals surface area contributed by atoms with E-state index in [-0.39, 0.29) is 4.90 Å². The number of halogens is 2. The van der Waals surface area contributed by atoms with Crippen LogP contribution in [0.25, 0.3) is 6.08 Å². The van der Waals surface area contributed by atoms with Crippen LogP contribution in [0.15, 0.2) is 55.1 Å². The summed E-state index contributed by atoms with van der Waals surface area (Å²) in [5.41, 5.74) is 0.424. The van der Waals surface area contributed by atoms with Crippen LogP contribution in [-0.4, -0.2) is 22.6 Å². The van der Waals surface area contributed by atoms with Gasteiger partial charge in [-0.05, 0) is 46.3 Å². The summed E-state index contributed by atoms with van der Waals surface area (Å²) in [6.45, 7) is 0. The zero-order valence-electron chi connectivity index (χ0n) is 13.3. The van der Waals surface area contributed by atoms with Crippen molar-refractivity contribution < 1.29 is 17.9 Å². The van der Waals surface area contributed by atoms with Crippen LogP contribution in [0.1, 0.15) is 5.56 Å². The fourth-order valence-corrected chi connectivity index (χ4v) is 4.78. The molecule has 0 saturated carbocycles. The molecule has 0 heterocycles. The van der Waals surface area contributed by atoms with Gasteiger partial charge in [0.25, 0.3) is 0 Å². The topological polar surface area (TPSA) is 76.4 Å². The number of ether oxygens (including phenoxy) is 2. The molecule has 0 amide bonds.